The van der Waals surface area contributed by atoms with Crippen molar-refractivity contribution in [2.24, 2.45) is 0 Å². The Balaban J connectivity index is 1.84. The number of nitrogens with one attached hydrogen (secondary N) is 1. The molecule has 0 saturated carbocycles. The Morgan fingerprint density at radius 2 is 2.04 bits per heavy atom. The van der Waals surface area contributed by atoms with Crippen LogP contribution in [0.15, 0.2) is 24.3 Å². The first-order valence-corrected chi connectivity index (χ1v) is 8.93. The van der Waals surface area contributed by atoms with Crippen LogP contribution in [0.4, 0.5) is 11.8 Å². The van der Waals surface area contributed by atoms with Crippen LogP contribution in [0, 0.1) is 0 Å². The van der Waals surface area contributed by atoms with Crippen molar-refractivity contribution < 1.29 is 4.74 Å². The summed E-state index contributed by atoms with van der Waals surface area (Å²) in [7, 11) is 3.51. The number of thiophene rings is 1. The summed E-state index contributed by atoms with van der Waals surface area (Å²) in [5.74, 6) is 2.45. The second-order valence-corrected chi connectivity index (χ2v) is 7.06. The summed E-state index contributed by atoms with van der Waals surface area (Å²) in [4.78, 5) is 11.3. The lowest BCUT2D eigenvalue weighted by molar-refractivity contribution is 0.414. The van der Waals surface area contributed by atoms with Crippen molar-refractivity contribution in [3.05, 3.63) is 40.3 Å². The first-order chi connectivity index (χ1) is 11.7. The predicted molar refractivity (Wildman–Crippen MR) is 99.1 cm³/mol. The van der Waals surface area contributed by atoms with Gasteiger partial charge in [-0.15, -0.1) is 11.3 Å². The molecule has 4 rings (SSSR count). The molecule has 0 aliphatic heterocycles. The van der Waals surface area contributed by atoms with Crippen LogP contribution in [0.3, 0.4) is 0 Å². The van der Waals surface area contributed by atoms with E-state index in [4.69, 9.17) is 10.5 Å². The van der Waals surface area contributed by atoms with Crippen molar-refractivity contribution in [2.45, 2.75) is 25.2 Å². The largest absolute Gasteiger partial charge is 0.497 e. The van der Waals surface area contributed by atoms with Gasteiger partial charge in [0.2, 0.25) is 5.95 Å². The smallest absolute Gasteiger partial charge is 0.225 e. The number of hydrogen-bond acceptors (Lipinski definition) is 6. The van der Waals surface area contributed by atoms with Crippen LogP contribution < -0.4 is 15.8 Å². The van der Waals surface area contributed by atoms with E-state index >= 15 is 0 Å². The van der Waals surface area contributed by atoms with Gasteiger partial charge in [-0.25, -0.2) is 4.98 Å². The Bertz CT molecular complexity index is 888. The number of ether oxygens (including phenoxy) is 1. The normalized spacial score (nSPS) is 16.8. The molecule has 1 atom stereocenters. The van der Waals surface area contributed by atoms with Gasteiger partial charge in [0.15, 0.2) is 0 Å². The SMILES string of the molecule is CNc1nc(N)c2c3c(sc2n1)C(c1ccc(OC)cc1)CCC3. The summed E-state index contributed by atoms with van der Waals surface area (Å²) < 4.78 is 5.28. The average Bonchev–Trinajstić information content (AvgIpc) is 3.00. The first-order valence-electron chi connectivity index (χ1n) is 8.11. The standard InChI is InChI=1S/C18H20N4OS/c1-20-18-21-16(19)14-13-5-3-4-12(15(13)24-17(14)22-18)10-6-8-11(23-2)9-7-10/h6-9,12H,3-5H2,1-2H3,(H3,19,20,21,22). The van der Waals surface area contributed by atoms with Crippen molar-refractivity contribution in [3.63, 3.8) is 0 Å². The van der Waals surface area contributed by atoms with E-state index in [1.165, 1.54) is 16.0 Å². The molecule has 24 heavy (non-hydrogen) atoms. The highest BCUT2D eigenvalue weighted by molar-refractivity contribution is 7.19. The maximum atomic E-state index is 6.22. The van der Waals surface area contributed by atoms with E-state index in [9.17, 15) is 0 Å². The fraction of sp³-hybridized carbons (Fsp3) is 0.333. The second-order valence-electron chi connectivity index (χ2n) is 6.03. The first kappa shape index (κ1) is 15.2. The maximum absolute atomic E-state index is 6.22. The molecule has 1 aromatic carbocycles. The summed E-state index contributed by atoms with van der Waals surface area (Å²) in [5.41, 5.74) is 8.88. The highest BCUT2D eigenvalue weighted by Gasteiger charge is 2.28. The van der Waals surface area contributed by atoms with Gasteiger partial charge in [-0.1, -0.05) is 12.1 Å². The van der Waals surface area contributed by atoms with Gasteiger partial charge in [0.05, 0.1) is 12.5 Å². The summed E-state index contributed by atoms with van der Waals surface area (Å²) in [5, 5.41) is 4.03. The number of methoxy groups -OCH3 is 1. The highest BCUT2D eigenvalue weighted by atomic mass is 32.1. The van der Waals surface area contributed by atoms with E-state index < -0.39 is 0 Å². The summed E-state index contributed by atoms with van der Waals surface area (Å²) in [6, 6.07) is 8.39. The molecule has 6 heteroatoms. The Hall–Kier alpha value is -2.34. The zero-order valence-electron chi connectivity index (χ0n) is 13.8. The zero-order chi connectivity index (χ0) is 16.7. The Kier molecular flexibility index (Phi) is 3.76. The monoisotopic (exact) mass is 340 g/mol. The molecule has 3 N–H and O–H groups in total. The molecule has 124 valence electrons. The Morgan fingerprint density at radius 1 is 1.25 bits per heavy atom. The third-order valence-electron chi connectivity index (χ3n) is 4.69. The van der Waals surface area contributed by atoms with Crippen LogP contribution in [0.1, 0.15) is 34.8 Å². The molecule has 5 nitrogen and oxygen atoms in total. The van der Waals surface area contributed by atoms with Crippen LogP contribution in [0.25, 0.3) is 10.2 Å². The molecule has 1 aliphatic carbocycles. The number of aryl methyl sites for hydroxylation is 1. The van der Waals surface area contributed by atoms with E-state index in [0.29, 0.717) is 17.7 Å². The lowest BCUT2D eigenvalue weighted by atomic mass is 9.83. The van der Waals surface area contributed by atoms with Crippen molar-refractivity contribution in [1.82, 2.24) is 9.97 Å². The third kappa shape index (κ3) is 2.38. The van der Waals surface area contributed by atoms with Crippen molar-refractivity contribution in [3.8, 4) is 5.75 Å². The van der Waals surface area contributed by atoms with Gasteiger partial charge in [0, 0.05) is 17.8 Å². The zero-order valence-corrected chi connectivity index (χ0v) is 14.6. The van der Waals surface area contributed by atoms with E-state index in [0.717, 1.165) is 35.2 Å². The van der Waals surface area contributed by atoms with Crippen molar-refractivity contribution in [2.75, 3.05) is 25.2 Å². The minimum absolute atomic E-state index is 0.399. The van der Waals surface area contributed by atoms with Gasteiger partial charge in [-0.3, -0.25) is 0 Å². The van der Waals surface area contributed by atoms with Gasteiger partial charge < -0.3 is 15.8 Å². The molecule has 3 aromatic rings. The number of rotatable bonds is 3. The molecule has 0 saturated heterocycles. The molecular formula is C18H20N4OS. The number of nitrogens with zero attached hydrogens (tertiary/aromatic N) is 2. The molecule has 2 aromatic heterocycles. The molecule has 1 aliphatic rings. The Morgan fingerprint density at radius 3 is 2.75 bits per heavy atom. The second kappa shape index (κ2) is 5.94. The van der Waals surface area contributed by atoms with E-state index in [2.05, 4.69) is 27.4 Å². The lowest BCUT2D eigenvalue weighted by Crippen LogP contribution is -2.09. The number of benzene rings is 1. The number of hydrogen-bond donors (Lipinski definition) is 2. The van der Waals surface area contributed by atoms with Crippen LogP contribution in [-0.2, 0) is 6.42 Å². The number of nitrogens with two attached hydrogens (primary N) is 1. The topological polar surface area (TPSA) is 73.1 Å². The van der Waals surface area contributed by atoms with E-state index in [1.807, 2.05) is 19.2 Å². The molecule has 0 amide bonds. The summed E-state index contributed by atoms with van der Waals surface area (Å²) in [6.45, 7) is 0. The maximum Gasteiger partial charge on any atom is 0.225 e. The molecule has 2 heterocycles. The molecule has 1 unspecified atom stereocenters. The summed E-state index contributed by atoms with van der Waals surface area (Å²) >= 11 is 1.75. The summed E-state index contributed by atoms with van der Waals surface area (Å²) in [6.07, 6.45) is 3.36. The average molecular weight is 340 g/mol. The minimum atomic E-state index is 0.399. The van der Waals surface area contributed by atoms with Crippen LogP contribution >= 0.6 is 11.3 Å². The Labute approximate surface area is 144 Å². The minimum Gasteiger partial charge on any atom is -0.497 e. The fourth-order valence-corrected chi connectivity index (χ4v) is 4.91. The van der Waals surface area contributed by atoms with Crippen LogP contribution in [0.5, 0.6) is 5.75 Å². The van der Waals surface area contributed by atoms with Crippen LogP contribution in [-0.4, -0.2) is 24.1 Å². The van der Waals surface area contributed by atoms with Crippen LogP contribution in [0.2, 0.25) is 0 Å². The fourth-order valence-electron chi connectivity index (χ4n) is 3.51. The molecule has 0 radical (unpaired) electrons. The third-order valence-corrected chi connectivity index (χ3v) is 5.93. The van der Waals surface area contributed by atoms with Gasteiger partial charge in [-0.2, -0.15) is 4.98 Å². The lowest BCUT2D eigenvalue weighted by Gasteiger charge is -2.23. The van der Waals surface area contributed by atoms with Gasteiger partial charge >= 0.3 is 0 Å². The number of nitrogen functional groups attached to an aromatic ring is 1. The number of fused-ring (bicyclic) bond motifs is 3. The van der Waals surface area contributed by atoms with Gasteiger partial charge in [0.25, 0.3) is 0 Å². The highest BCUT2D eigenvalue weighted by Crippen LogP contribution is 2.46. The van der Waals surface area contributed by atoms with Gasteiger partial charge in [0.1, 0.15) is 16.4 Å². The quantitative estimate of drug-likeness (QED) is 0.759. The number of anilines is 2. The molecule has 0 bridgehead atoms. The predicted octanol–water partition coefficient (Wildman–Crippen LogP) is 3.79. The van der Waals surface area contributed by atoms with Crippen molar-refractivity contribution >= 4 is 33.3 Å². The van der Waals surface area contributed by atoms with Gasteiger partial charge in [-0.05, 0) is 42.5 Å². The number of aromatic nitrogens is 2. The van der Waals surface area contributed by atoms with Crippen molar-refractivity contribution in [1.29, 1.82) is 0 Å². The molecule has 0 fully saturated rings. The molecule has 0 spiro atoms. The van der Waals surface area contributed by atoms with E-state index in [-0.39, 0.29) is 0 Å². The van der Waals surface area contributed by atoms with E-state index in [1.54, 1.807) is 18.4 Å². The molecular weight excluding hydrogens is 320 g/mol.